The predicted octanol–water partition coefficient (Wildman–Crippen LogP) is 3.68. The van der Waals surface area contributed by atoms with Crippen molar-refractivity contribution in [3.8, 4) is 17.1 Å². The van der Waals surface area contributed by atoms with Crippen LogP contribution in [0, 0.1) is 5.82 Å². The molecule has 0 atom stereocenters. The van der Waals surface area contributed by atoms with Crippen LogP contribution >= 0.6 is 15.9 Å². The Morgan fingerprint density at radius 3 is 2.77 bits per heavy atom. The van der Waals surface area contributed by atoms with Gasteiger partial charge in [0.1, 0.15) is 11.6 Å². The van der Waals surface area contributed by atoms with E-state index in [0.29, 0.717) is 17.5 Å². The molecule has 134 valence electrons. The lowest BCUT2D eigenvalue weighted by Gasteiger charge is -2.15. The molecule has 1 aromatic heterocycles. The minimum atomic E-state index is -0.363. The second kappa shape index (κ2) is 8.09. The molecule has 0 saturated carbocycles. The van der Waals surface area contributed by atoms with Gasteiger partial charge >= 0.3 is 0 Å². The highest BCUT2D eigenvalue weighted by molar-refractivity contribution is 9.10. The lowest BCUT2D eigenvalue weighted by molar-refractivity contribution is -0.132. The van der Waals surface area contributed by atoms with Gasteiger partial charge < -0.3 is 14.2 Å². The van der Waals surface area contributed by atoms with Gasteiger partial charge in [-0.2, -0.15) is 4.98 Å². The van der Waals surface area contributed by atoms with E-state index < -0.39 is 0 Å². The number of nitrogens with zero attached hydrogens (tertiary/aromatic N) is 3. The Hall–Kier alpha value is -2.74. The fraction of sp³-hybridized carbons (Fsp3) is 0.167. The largest absolute Gasteiger partial charge is 0.484 e. The molecular formula is C18H15BrFN3O3. The zero-order valence-corrected chi connectivity index (χ0v) is 15.4. The second-order valence-corrected chi connectivity index (χ2v) is 6.43. The number of likely N-dealkylation sites (N-methyl/N-ethyl adjacent to an activating group) is 1. The van der Waals surface area contributed by atoms with Gasteiger partial charge in [-0.05, 0) is 36.4 Å². The fourth-order valence-electron chi connectivity index (χ4n) is 2.14. The van der Waals surface area contributed by atoms with E-state index in [2.05, 4.69) is 26.1 Å². The smallest absolute Gasteiger partial charge is 0.260 e. The number of aromatic nitrogens is 2. The number of hydrogen-bond donors (Lipinski definition) is 0. The van der Waals surface area contributed by atoms with Crippen LogP contribution in [0.4, 0.5) is 4.39 Å². The van der Waals surface area contributed by atoms with Gasteiger partial charge in [0.15, 0.2) is 6.61 Å². The Bertz CT molecular complexity index is 899. The zero-order valence-electron chi connectivity index (χ0n) is 13.9. The molecule has 8 heteroatoms. The number of rotatable bonds is 6. The summed E-state index contributed by atoms with van der Waals surface area (Å²) in [5.41, 5.74) is 0.808. The average Bonchev–Trinajstić information content (AvgIpc) is 3.09. The summed E-state index contributed by atoms with van der Waals surface area (Å²) in [4.78, 5) is 17.9. The summed E-state index contributed by atoms with van der Waals surface area (Å²) in [5.74, 6) is 0.556. The number of hydrogen-bond acceptors (Lipinski definition) is 5. The van der Waals surface area contributed by atoms with Gasteiger partial charge in [0.05, 0.1) is 6.54 Å². The fourth-order valence-corrected chi connectivity index (χ4v) is 2.54. The Balaban J connectivity index is 1.56. The first-order valence-corrected chi connectivity index (χ1v) is 8.51. The highest BCUT2D eigenvalue weighted by Gasteiger charge is 2.15. The van der Waals surface area contributed by atoms with Crippen molar-refractivity contribution < 1.29 is 18.4 Å². The van der Waals surface area contributed by atoms with Crippen LogP contribution in [0.5, 0.6) is 5.75 Å². The molecule has 0 fully saturated rings. The van der Waals surface area contributed by atoms with Gasteiger partial charge in [-0.25, -0.2) is 4.39 Å². The van der Waals surface area contributed by atoms with E-state index in [-0.39, 0.29) is 24.9 Å². The molecule has 26 heavy (non-hydrogen) atoms. The molecule has 0 bridgehead atoms. The molecule has 0 aliphatic heterocycles. The summed E-state index contributed by atoms with van der Waals surface area (Å²) in [6.07, 6.45) is 0. The van der Waals surface area contributed by atoms with E-state index in [0.717, 1.165) is 10.0 Å². The molecule has 1 heterocycles. The normalized spacial score (nSPS) is 10.6. The maximum atomic E-state index is 12.8. The van der Waals surface area contributed by atoms with Gasteiger partial charge in [-0.15, -0.1) is 0 Å². The summed E-state index contributed by atoms with van der Waals surface area (Å²) in [7, 11) is 1.61. The molecule has 0 aliphatic carbocycles. The van der Waals surface area contributed by atoms with Gasteiger partial charge in [0.25, 0.3) is 5.91 Å². The van der Waals surface area contributed by atoms with Crippen molar-refractivity contribution >= 4 is 21.8 Å². The van der Waals surface area contributed by atoms with Crippen LogP contribution in [0.3, 0.4) is 0 Å². The molecule has 3 rings (SSSR count). The number of carbonyl (C=O) groups excluding carboxylic acids is 1. The first-order valence-electron chi connectivity index (χ1n) is 7.72. The highest BCUT2D eigenvalue weighted by Crippen LogP contribution is 2.20. The number of amides is 1. The Morgan fingerprint density at radius 1 is 1.27 bits per heavy atom. The number of carbonyl (C=O) groups is 1. The lowest BCUT2D eigenvalue weighted by atomic mass is 10.2. The van der Waals surface area contributed by atoms with E-state index in [9.17, 15) is 9.18 Å². The summed E-state index contributed by atoms with van der Waals surface area (Å²) < 4.78 is 24.3. The van der Waals surface area contributed by atoms with Gasteiger partial charge in [-0.1, -0.05) is 33.2 Å². The molecule has 0 radical (unpaired) electrons. The summed E-state index contributed by atoms with van der Waals surface area (Å²) in [5, 5.41) is 3.93. The Kier molecular flexibility index (Phi) is 5.62. The third kappa shape index (κ3) is 4.66. The summed E-state index contributed by atoms with van der Waals surface area (Å²) in [6, 6.07) is 13.0. The van der Waals surface area contributed by atoms with E-state index >= 15 is 0 Å². The van der Waals surface area contributed by atoms with Crippen LogP contribution in [0.2, 0.25) is 0 Å². The van der Waals surface area contributed by atoms with Crippen molar-refractivity contribution in [1.82, 2.24) is 15.0 Å². The molecule has 6 nitrogen and oxygen atoms in total. The maximum absolute atomic E-state index is 12.8. The highest BCUT2D eigenvalue weighted by atomic mass is 79.9. The quantitative estimate of drug-likeness (QED) is 0.609. The zero-order chi connectivity index (χ0) is 18.5. The average molecular weight is 420 g/mol. The van der Waals surface area contributed by atoms with Crippen LogP contribution in [0.25, 0.3) is 11.4 Å². The van der Waals surface area contributed by atoms with Gasteiger partial charge in [0, 0.05) is 17.1 Å². The molecule has 0 spiro atoms. The van der Waals surface area contributed by atoms with Crippen molar-refractivity contribution in [3.63, 3.8) is 0 Å². The number of benzene rings is 2. The molecule has 0 N–H and O–H groups in total. The summed E-state index contributed by atoms with van der Waals surface area (Å²) >= 11 is 3.39. The minimum Gasteiger partial charge on any atom is -0.484 e. The summed E-state index contributed by atoms with van der Waals surface area (Å²) in [6.45, 7) is -0.0125. The monoisotopic (exact) mass is 419 g/mol. The third-order valence-electron chi connectivity index (χ3n) is 3.53. The molecule has 3 aromatic rings. The maximum Gasteiger partial charge on any atom is 0.260 e. The molecule has 2 aromatic carbocycles. The van der Waals surface area contributed by atoms with Crippen LogP contribution in [-0.2, 0) is 11.3 Å². The second-order valence-electron chi connectivity index (χ2n) is 5.51. The standard InChI is InChI=1S/C18H15BrFN3O3/c1-23(17(24)11-25-15-7-5-14(20)6-8-15)10-16-21-18(22-26-16)12-3-2-4-13(19)9-12/h2-9H,10-11H2,1H3. The third-order valence-corrected chi connectivity index (χ3v) is 4.02. The Labute approximate surface area is 157 Å². The van der Waals surface area contributed by atoms with Crippen LogP contribution in [0.1, 0.15) is 5.89 Å². The van der Waals surface area contributed by atoms with Crippen LogP contribution in [0.15, 0.2) is 57.5 Å². The van der Waals surface area contributed by atoms with Crippen molar-refractivity contribution in [2.75, 3.05) is 13.7 Å². The molecular weight excluding hydrogens is 405 g/mol. The topological polar surface area (TPSA) is 68.5 Å². The molecule has 0 unspecified atom stereocenters. The van der Waals surface area contributed by atoms with E-state index in [4.69, 9.17) is 9.26 Å². The molecule has 1 amide bonds. The van der Waals surface area contributed by atoms with Crippen molar-refractivity contribution in [3.05, 3.63) is 64.7 Å². The van der Waals surface area contributed by atoms with E-state index in [1.54, 1.807) is 7.05 Å². The van der Waals surface area contributed by atoms with Gasteiger partial charge in [-0.3, -0.25) is 4.79 Å². The number of halogens is 2. The van der Waals surface area contributed by atoms with Crippen molar-refractivity contribution in [1.29, 1.82) is 0 Å². The van der Waals surface area contributed by atoms with Crippen LogP contribution in [-0.4, -0.2) is 34.6 Å². The molecule has 0 saturated heterocycles. The predicted molar refractivity (Wildman–Crippen MR) is 95.8 cm³/mol. The minimum absolute atomic E-state index is 0.159. The Morgan fingerprint density at radius 2 is 2.04 bits per heavy atom. The van der Waals surface area contributed by atoms with E-state index in [1.165, 1.54) is 29.2 Å². The SMILES string of the molecule is CN(Cc1nc(-c2cccc(Br)c2)no1)C(=O)COc1ccc(F)cc1. The van der Waals surface area contributed by atoms with E-state index in [1.807, 2.05) is 24.3 Å². The van der Waals surface area contributed by atoms with Crippen LogP contribution < -0.4 is 4.74 Å². The first kappa shape index (κ1) is 18.1. The lowest BCUT2D eigenvalue weighted by Crippen LogP contribution is -2.31. The van der Waals surface area contributed by atoms with Crippen molar-refractivity contribution in [2.45, 2.75) is 6.54 Å². The molecule has 0 aliphatic rings. The first-order chi connectivity index (χ1) is 12.5. The van der Waals surface area contributed by atoms with Gasteiger partial charge in [0.2, 0.25) is 11.7 Å². The number of ether oxygens (including phenoxy) is 1. The van der Waals surface area contributed by atoms with Crippen molar-refractivity contribution in [2.24, 2.45) is 0 Å².